The zero-order chi connectivity index (χ0) is 18.4. The predicted octanol–water partition coefficient (Wildman–Crippen LogP) is 4.01. The van der Waals surface area contributed by atoms with Gasteiger partial charge in [-0.05, 0) is 24.8 Å². The van der Waals surface area contributed by atoms with Crippen LogP contribution in [0.25, 0.3) is 17.2 Å². The van der Waals surface area contributed by atoms with Crippen molar-refractivity contribution in [2.45, 2.75) is 25.7 Å². The van der Waals surface area contributed by atoms with E-state index in [-0.39, 0.29) is 11.7 Å². The van der Waals surface area contributed by atoms with Crippen molar-refractivity contribution < 1.29 is 4.79 Å². The highest BCUT2D eigenvalue weighted by Gasteiger charge is 2.28. The molecule has 0 radical (unpaired) electrons. The number of fused-ring (bicyclic) bond motifs is 2. The Morgan fingerprint density at radius 2 is 1.85 bits per heavy atom. The van der Waals surface area contributed by atoms with Crippen molar-refractivity contribution in [3.8, 4) is 11.4 Å². The minimum atomic E-state index is 0.119. The van der Waals surface area contributed by atoms with Crippen molar-refractivity contribution in [3.05, 3.63) is 83.2 Å². The molecule has 1 aliphatic rings. The molecule has 2 aromatic heterocycles. The summed E-state index contributed by atoms with van der Waals surface area (Å²) in [7, 11) is 0. The lowest BCUT2D eigenvalue weighted by Crippen LogP contribution is -2.21. The van der Waals surface area contributed by atoms with Crippen LogP contribution < -0.4 is 0 Å². The molecule has 0 amide bonds. The molecule has 5 nitrogen and oxygen atoms in total. The highest BCUT2D eigenvalue weighted by molar-refractivity contribution is 5.98. The molecular formula is C22H18N4O. The van der Waals surface area contributed by atoms with Crippen LogP contribution in [0.2, 0.25) is 0 Å². The number of carbonyl (C=O) groups is 1. The second kappa shape index (κ2) is 6.13. The second-order valence-corrected chi connectivity index (χ2v) is 7.09. The Bertz CT molecular complexity index is 1160. The van der Waals surface area contributed by atoms with E-state index in [0.717, 1.165) is 17.7 Å². The van der Waals surface area contributed by atoms with Gasteiger partial charge in [0.25, 0.3) is 5.78 Å². The zero-order valence-corrected chi connectivity index (χ0v) is 15.0. The summed E-state index contributed by atoms with van der Waals surface area (Å²) in [6.45, 7) is 2.07. The Morgan fingerprint density at radius 1 is 1.00 bits per heavy atom. The van der Waals surface area contributed by atoms with Gasteiger partial charge in [-0.15, -0.1) is 5.10 Å². The van der Waals surface area contributed by atoms with Crippen molar-refractivity contribution in [3.63, 3.8) is 0 Å². The van der Waals surface area contributed by atoms with Crippen molar-refractivity contribution in [1.29, 1.82) is 0 Å². The summed E-state index contributed by atoms with van der Waals surface area (Å²) in [6.07, 6.45) is 3.03. The highest BCUT2D eigenvalue weighted by atomic mass is 16.1. The van der Waals surface area contributed by atoms with Gasteiger partial charge in [0.2, 0.25) is 0 Å². The summed E-state index contributed by atoms with van der Waals surface area (Å²) in [5.74, 6) is 1.43. The Hall–Kier alpha value is -3.34. The van der Waals surface area contributed by atoms with Gasteiger partial charge in [0.1, 0.15) is 0 Å². The molecule has 0 aliphatic heterocycles. The largest absolute Gasteiger partial charge is 0.294 e. The number of aromatic nitrogens is 4. The van der Waals surface area contributed by atoms with Gasteiger partial charge in [-0.3, -0.25) is 4.79 Å². The molecule has 0 unspecified atom stereocenters. The minimum Gasteiger partial charge on any atom is -0.294 e. The molecule has 2 aromatic carbocycles. The van der Waals surface area contributed by atoms with Crippen LogP contribution in [0.15, 0.2) is 60.8 Å². The summed E-state index contributed by atoms with van der Waals surface area (Å²) in [5, 5.41) is 4.51. The number of rotatable bonds is 2. The number of Topliss-reactive ketones (excluding diaryl/α,β-unsaturated/α-hetero) is 1. The molecule has 0 bridgehead atoms. The molecule has 5 rings (SSSR count). The summed E-state index contributed by atoms with van der Waals surface area (Å²) < 4.78 is 1.62. The van der Waals surface area contributed by atoms with E-state index in [9.17, 15) is 4.79 Å². The van der Waals surface area contributed by atoms with Crippen molar-refractivity contribution in [1.82, 2.24) is 19.6 Å². The van der Waals surface area contributed by atoms with Crippen LogP contribution >= 0.6 is 0 Å². The van der Waals surface area contributed by atoms with Crippen molar-refractivity contribution in [2.75, 3.05) is 0 Å². The third-order valence-electron chi connectivity index (χ3n) is 5.13. The second-order valence-electron chi connectivity index (χ2n) is 7.09. The SMILES string of the molecule is Cc1cccc([C@@H]2CC(=O)c3cn4nc(-c5ccccc5)nc4nc3C2)c1. The van der Waals surface area contributed by atoms with Crippen LogP contribution in [0.1, 0.15) is 39.5 Å². The molecule has 4 aromatic rings. The Balaban J connectivity index is 1.56. The van der Waals surface area contributed by atoms with E-state index in [1.807, 2.05) is 36.4 Å². The molecule has 27 heavy (non-hydrogen) atoms. The van der Waals surface area contributed by atoms with Crippen LogP contribution in [-0.2, 0) is 6.42 Å². The van der Waals surface area contributed by atoms with E-state index in [1.54, 1.807) is 10.7 Å². The molecule has 2 heterocycles. The summed E-state index contributed by atoms with van der Waals surface area (Å²) in [4.78, 5) is 22.0. The standard InChI is InChI=1S/C22H18N4O/c1-14-6-5-9-16(10-14)17-11-19-18(20(27)12-17)13-26-22(23-19)24-21(25-26)15-7-3-2-4-8-15/h2-10,13,17H,11-12H2,1H3/t17-/m0/s1. The molecule has 132 valence electrons. The number of nitrogens with zero attached hydrogens (tertiary/aromatic N) is 4. The number of hydrogen-bond acceptors (Lipinski definition) is 4. The van der Waals surface area contributed by atoms with Gasteiger partial charge in [0.05, 0.1) is 11.3 Å². The van der Waals surface area contributed by atoms with Crippen LogP contribution in [0.5, 0.6) is 0 Å². The quantitative estimate of drug-likeness (QED) is 0.546. The van der Waals surface area contributed by atoms with Crippen molar-refractivity contribution >= 4 is 11.6 Å². The van der Waals surface area contributed by atoms with Crippen LogP contribution in [0.3, 0.4) is 0 Å². The third kappa shape index (κ3) is 2.81. The number of carbonyl (C=O) groups excluding carboxylic acids is 1. The molecule has 0 saturated heterocycles. The van der Waals surface area contributed by atoms with Gasteiger partial charge in [0, 0.05) is 18.2 Å². The Kier molecular flexibility index (Phi) is 3.60. The average molecular weight is 354 g/mol. The molecule has 0 N–H and O–H groups in total. The van der Waals surface area contributed by atoms with Gasteiger partial charge in [-0.1, -0.05) is 60.2 Å². The number of ketones is 1. The third-order valence-corrected chi connectivity index (χ3v) is 5.13. The first-order valence-corrected chi connectivity index (χ1v) is 9.09. The average Bonchev–Trinajstić information content (AvgIpc) is 3.10. The lowest BCUT2D eigenvalue weighted by molar-refractivity contribution is 0.0962. The smallest absolute Gasteiger partial charge is 0.252 e. The predicted molar refractivity (Wildman–Crippen MR) is 103 cm³/mol. The van der Waals surface area contributed by atoms with E-state index < -0.39 is 0 Å². The number of benzene rings is 2. The molecule has 0 spiro atoms. The number of hydrogen-bond donors (Lipinski definition) is 0. The molecule has 5 heteroatoms. The summed E-state index contributed by atoms with van der Waals surface area (Å²) in [5.41, 5.74) is 4.82. The maximum atomic E-state index is 12.8. The summed E-state index contributed by atoms with van der Waals surface area (Å²) >= 11 is 0. The fourth-order valence-electron chi connectivity index (χ4n) is 3.75. The Labute approximate surface area is 156 Å². The van der Waals surface area contributed by atoms with E-state index >= 15 is 0 Å². The van der Waals surface area contributed by atoms with Gasteiger partial charge >= 0.3 is 0 Å². The van der Waals surface area contributed by atoms with Gasteiger partial charge in [-0.25, -0.2) is 9.50 Å². The highest BCUT2D eigenvalue weighted by Crippen LogP contribution is 2.32. The topological polar surface area (TPSA) is 60.2 Å². The first kappa shape index (κ1) is 15.9. The zero-order valence-electron chi connectivity index (χ0n) is 15.0. The fraction of sp³-hybridized carbons (Fsp3) is 0.182. The van der Waals surface area contributed by atoms with Crippen molar-refractivity contribution in [2.24, 2.45) is 0 Å². The van der Waals surface area contributed by atoms with Crippen LogP contribution in [-0.4, -0.2) is 25.4 Å². The Morgan fingerprint density at radius 3 is 2.67 bits per heavy atom. The van der Waals surface area contributed by atoms with E-state index in [2.05, 4.69) is 40.2 Å². The van der Waals surface area contributed by atoms with Crippen LogP contribution in [0, 0.1) is 6.92 Å². The fourth-order valence-corrected chi connectivity index (χ4v) is 3.75. The molecule has 0 fully saturated rings. The summed E-state index contributed by atoms with van der Waals surface area (Å²) in [6, 6.07) is 18.2. The monoisotopic (exact) mass is 354 g/mol. The van der Waals surface area contributed by atoms with Crippen LogP contribution in [0.4, 0.5) is 0 Å². The molecule has 1 aliphatic carbocycles. The van der Waals surface area contributed by atoms with E-state index in [1.165, 1.54) is 11.1 Å². The lowest BCUT2D eigenvalue weighted by Gasteiger charge is -2.23. The number of aryl methyl sites for hydroxylation is 1. The lowest BCUT2D eigenvalue weighted by atomic mass is 9.82. The maximum Gasteiger partial charge on any atom is 0.252 e. The molecular weight excluding hydrogens is 336 g/mol. The van der Waals surface area contributed by atoms with Gasteiger partial charge in [-0.2, -0.15) is 4.98 Å². The first-order valence-electron chi connectivity index (χ1n) is 9.09. The molecule has 1 atom stereocenters. The van der Waals surface area contributed by atoms with E-state index in [4.69, 9.17) is 0 Å². The minimum absolute atomic E-state index is 0.119. The van der Waals surface area contributed by atoms with Gasteiger partial charge in [0.15, 0.2) is 11.6 Å². The molecule has 0 saturated carbocycles. The normalized spacial score (nSPS) is 16.5. The first-order chi connectivity index (χ1) is 13.2. The maximum absolute atomic E-state index is 12.8. The van der Waals surface area contributed by atoms with Gasteiger partial charge < -0.3 is 0 Å². The van der Waals surface area contributed by atoms with E-state index in [0.29, 0.717) is 23.6 Å².